The van der Waals surface area contributed by atoms with Crippen LogP contribution in [0.2, 0.25) is 0 Å². The lowest BCUT2D eigenvalue weighted by atomic mass is 9.91. The van der Waals surface area contributed by atoms with Gasteiger partial charge in [-0.05, 0) is 48.1 Å². The molecule has 2 aliphatic heterocycles. The molecule has 0 spiro atoms. The molecule has 1 aliphatic carbocycles. The van der Waals surface area contributed by atoms with E-state index in [1.807, 2.05) is 0 Å². The average molecular weight is 422 g/mol. The Kier molecular flexibility index (Phi) is 8.82. The van der Waals surface area contributed by atoms with Crippen molar-refractivity contribution in [3.8, 4) is 0 Å². The van der Waals surface area contributed by atoms with Crippen molar-refractivity contribution in [2.45, 2.75) is 64.7 Å². The summed E-state index contributed by atoms with van der Waals surface area (Å²) >= 11 is 0. The number of nitrogens with one attached hydrogen (secondary N) is 2. The van der Waals surface area contributed by atoms with Gasteiger partial charge in [0.15, 0.2) is 0 Å². The Hall–Kier alpha value is -0.650. The largest absolute Gasteiger partial charge is 0.379 e. The van der Waals surface area contributed by atoms with E-state index in [1.165, 1.54) is 49.9 Å². The summed E-state index contributed by atoms with van der Waals surface area (Å²) in [5, 5.41) is 7.62. The van der Waals surface area contributed by atoms with E-state index in [0.29, 0.717) is 18.0 Å². The molecule has 2 heterocycles. The summed E-state index contributed by atoms with van der Waals surface area (Å²) in [6, 6.07) is 10.2. The molecule has 0 bridgehead atoms. The third-order valence-electron chi connectivity index (χ3n) is 7.05. The SMILES string of the molecule is CC1CC(C)CN(Cc2ccccc2CNC2CCCC2C2COCCN2)C1.Cl. The number of piperidine rings is 1. The second-order valence-corrected chi connectivity index (χ2v) is 9.63. The number of likely N-dealkylation sites (tertiary alicyclic amines) is 1. The molecule has 1 aromatic carbocycles. The van der Waals surface area contributed by atoms with Crippen LogP contribution < -0.4 is 10.6 Å². The van der Waals surface area contributed by atoms with E-state index in [2.05, 4.69) is 53.6 Å². The highest BCUT2D eigenvalue weighted by Crippen LogP contribution is 2.30. The zero-order valence-electron chi connectivity index (χ0n) is 18.2. The quantitative estimate of drug-likeness (QED) is 0.731. The highest BCUT2D eigenvalue weighted by Gasteiger charge is 2.34. The van der Waals surface area contributed by atoms with Gasteiger partial charge < -0.3 is 15.4 Å². The first-order valence-corrected chi connectivity index (χ1v) is 11.5. The number of halogens is 1. The Morgan fingerprint density at radius 2 is 1.86 bits per heavy atom. The lowest BCUT2D eigenvalue weighted by Crippen LogP contribution is -2.50. The lowest BCUT2D eigenvalue weighted by Gasteiger charge is -2.35. The number of morpholine rings is 1. The number of rotatable bonds is 6. The lowest BCUT2D eigenvalue weighted by molar-refractivity contribution is 0.0524. The Balaban J connectivity index is 0.00000240. The second-order valence-electron chi connectivity index (χ2n) is 9.63. The molecule has 1 aromatic rings. The van der Waals surface area contributed by atoms with Gasteiger partial charge in [-0.25, -0.2) is 0 Å². The number of benzene rings is 1. The van der Waals surface area contributed by atoms with Crippen molar-refractivity contribution in [1.29, 1.82) is 0 Å². The number of nitrogens with zero attached hydrogens (tertiary/aromatic N) is 1. The fourth-order valence-electron chi connectivity index (χ4n) is 5.87. The predicted octanol–water partition coefficient (Wildman–Crippen LogP) is 3.83. The van der Waals surface area contributed by atoms with Gasteiger partial charge in [0.2, 0.25) is 0 Å². The molecule has 3 fully saturated rings. The number of hydrogen-bond acceptors (Lipinski definition) is 4. The van der Waals surface area contributed by atoms with Gasteiger partial charge in [0.05, 0.1) is 13.2 Å². The Bertz CT molecular complexity index is 612. The third kappa shape index (κ3) is 6.18. The molecule has 29 heavy (non-hydrogen) atoms. The normalized spacial score (nSPS) is 33.4. The maximum absolute atomic E-state index is 5.73. The van der Waals surface area contributed by atoms with Crippen LogP contribution in [0.4, 0.5) is 0 Å². The predicted molar refractivity (Wildman–Crippen MR) is 122 cm³/mol. The van der Waals surface area contributed by atoms with Crippen molar-refractivity contribution in [2.75, 3.05) is 32.8 Å². The Morgan fingerprint density at radius 3 is 2.59 bits per heavy atom. The van der Waals surface area contributed by atoms with Gasteiger partial charge in [-0.1, -0.05) is 44.5 Å². The van der Waals surface area contributed by atoms with Crippen molar-refractivity contribution in [2.24, 2.45) is 17.8 Å². The van der Waals surface area contributed by atoms with E-state index in [4.69, 9.17) is 4.74 Å². The van der Waals surface area contributed by atoms with E-state index < -0.39 is 0 Å². The molecule has 164 valence electrons. The Labute approximate surface area is 183 Å². The van der Waals surface area contributed by atoms with E-state index in [9.17, 15) is 0 Å². The van der Waals surface area contributed by atoms with Crippen LogP contribution in [0.3, 0.4) is 0 Å². The minimum absolute atomic E-state index is 0. The van der Waals surface area contributed by atoms with Gasteiger partial charge >= 0.3 is 0 Å². The molecule has 0 amide bonds. The minimum Gasteiger partial charge on any atom is -0.379 e. The van der Waals surface area contributed by atoms with E-state index >= 15 is 0 Å². The zero-order valence-corrected chi connectivity index (χ0v) is 19.1. The van der Waals surface area contributed by atoms with Crippen LogP contribution in [0.5, 0.6) is 0 Å². The maximum atomic E-state index is 5.73. The Morgan fingerprint density at radius 1 is 1.10 bits per heavy atom. The molecule has 4 rings (SSSR count). The molecular weight excluding hydrogens is 382 g/mol. The molecule has 5 atom stereocenters. The number of ether oxygens (including phenoxy) is 1. The molecule has 1 saturated carbocycles. The first-order chi connectivity index (χ1) is 13.7. The first kappa shape index (κ1) is 23.0. The van der Waals surface area contributed by atoms with Gasteiger partial charge in [-0.2, -0.15) is 0 Å². The van der Waals surface area contributed by atoms with Gasteiger partial charge in [0.1, 0.15) is 0 Å². The van der Waals surface area contributed by atoms with Crippen LogP contribution in [0.15, 0.2) is 24.3 Å². The zero-order chi connectivity index (χ0) is 19.3. The summed E-state index contributed by atoms with van der Waals surface area (Å²) in [6.07, 6.45) is 5.34. The van der Waals surface area contributed by atoms with E-state index in [-0.39, 0.29) is 12.4 Å². The topological polar surface area (TPSA) is 36.5 Å². The van der Waals surface area contributed by atoms with E-state index in [0.717, 1.165) is 44.7 Å². The van der Waals surface area contributed by atoms with Crippen molar-refractivity contribution in [3.63, 3.8) is 0 Å². The summed E-state index contributed by atoms with van der Waals surface area (Å²) in [4.78, 5) is 2.67. The van der Waals surface area contributed by atoms with Crippen molar-refractivity contribution < 1.29 is 4.74 Å². The van der Waals surface area contributed by atoms with Crippen LogP contribution in [0.25, 0.3) is 0 Å². The molecule has 4 nitrogen and oxygen atoms in total. The molecule has 3 aliphatic rings. The summed E-state index contributed by atoms with van der Waals surface area (Å²) in [5.74, 6) is 2.34. The molecule has 5 unspecified atom stereocenters. The fourth-order valence-corrected chi connectivity index (χ4v) is 5.87. The van der Waals surface area contributed by atoms with Crippen LogP contribution in [0.1, 0.15) is 50.7 Å². The van der Waals surface area contributed by atoms with Crippen LogP contribution in [0, 0.1) is 17.8 Å². The summed E-state index contributed by atoms with van der Waals surface area (Å²) in [5.41, 5.74) is 2.98. The molecule has 5 heteroatoms. The second kappa shape index (κ2) is 11.1. The first-order valence-electron chi connectivity index (χ1n) is 11.5. The van der Waals surface area contributed by atoms with Gasteiger partial charge in [-0.3, -0.25) is 4.90 Å². The maximum Gasteiger partial charge on any atom is 0.0623 e. The summed E-state index contributed by atoms with van der Waals surface area (Å²) in [7, 11) is 0. The van der Waals surface area contributed by atoms with E-state index in [1.54, 1.807) is 0 Å². The van der Waals surface area contributed by atoms with Crippen molar-refractivity contribution in [3.05, 3.63) is 35.4 Å². The van der Waals surface area contributed by atoms with Crippen molar-refractivity contribution >= 4 is 12.4 Å². The average Bonchev–Trinajstić information content (AvgIpc) is 3.16. The standard InChI is InChI=1S/C24H39N3O.ClH/c1-18-12-19(2)15-27(14-18)16-21-7-4-3-6-20(21)13-26-23-9-5-8-22(23)24-17-28-11-10-25-24;/h3-4,6-7,18-19,22-26H,5,8-17H2,1-2H3;1H. The van der Waals surface area contributed by atoms with Crippen molar-refractivity contribution in [1.82, 2.24) is 15.5 Å². The summed E-state index contributed by atoms with van der Waals surface area (Å²) < 4.78 is 5.73. The monoisotopic (exact) mass is 421 g/mol. The van der Waals surface area contributed by atoms with Crippen LogP contribution in [-0.2, 0) is 17.8 Å². The molecule has 0 aromatic heterocycles. The highest BCUT2D eigenvalue weighted by molar-refractivity contribution is 5.85. The smallest absolute Gasteiger partial charge is 0.0623 e. The van der Waals surface area contributed by atoms with Gasteiger partial charge in [-0.15, -0.1) is 12.4 Å². The van der Waals surface area contributed by atoms with Gasteiger partial charge in [0, 0.05) is 44.8 Å². The third-order valence-corrected chi connectivity index (χ3v) is 7.05. The molecule has 2 saturated heterocycles. The van der Waals surface area contributed by atoms with Crippen LogP contribution >= 0.6 is 12.4 Å². The van der Waals surface area contributed by atoms with Gasteiger partial charge in [0.25, 0.3) is 0 Å². The highest BCUT2D eigenvalue weighted by atomic mass is 35.5. The molecular formula is C24H40ClN3O. The fraction of sp³-hybridized carbons (Fsp3) is 0.750. The molecule has 0 radical (unpaired) electrons. The number of hydrogen-bond donors (Lipinski definition) is 2. The van der Waals surface area contributed by atoms with Crippen LogP contribution in [-0.4, -0.2) is 49.8 Å². The minimum atomic E-state index is 0. The molecule has 2 N–H and O–H groups in total. The summed E-state index contributed by atoms with van der Waals surface area (Å²) in [6.45, 7) is 12.1.